The number of hydrogen-bond acceptors (Lipinski definition) is 5. The third-order valence-electron chi connectivity index (χ3n) is 5.27. The first-order chi connectivity index (χ1) is 14.8. The number of anilines is 1. The van der Waals surface area contributed by atoms with E-state index >= 15 is 0 Å². The lowest BCUT2D eigenvalue weighted by atomic mass is 10.1. The summed E-state index contributed by atoms with van der Waals surface area (Å²) in [6, 6.07) is 11.3. The van der Waals surface area contributed by atoms with Crippen LogP contribution in [0.2, 0.25) is 5.02 Å². The fourth-order valence-electron chi connectivity index (χ4n) is 3.54. The van der Waals surface area contributed by atoms with E-state index in [0.717, 1.165) is 22.2 Å². The molecular weight excluding hydrogens is 438 g/mol. The van der Waals surface area contributed by atoms with Gasteiger partial charge in [-0.25, -0.2) is 8.42 Å². The van der Waals surface area contributed by atoms with E-state index in [9.17, 15) is 13.2 Å². The smallest absolute Gasteiger partial charge is 0.255 e. The van der Waals surface area contributed by atoms with E-state index in [4.69, 9.17) is 16.3 Å². The first-order valence-corrected chi connectivity index (χ1v) is 11.6. The van der Waals surface area contributed by atoms with Crippen molar-refractivity contribution in [2.75, 3.05) is 31.6 Å². The number of halogens is 1. The van der Waals surface area contributed by atoms with Crippen molar-refractivity contribution in [1.29, 1.82) is 0 Å². The highest BCUT2D eigenvalue weighted by atomic mass is 35.5. The average Bonchev–Trinajstić information content (AvgIpc) is 2.77. The second kappa shape index (κ2) is 8.55. The zero-order valence-electron chi connectivity index (χ0n) is 17.2. The van der Waals surface area contributed by atoms with Crippen LogP contribution in [0.3, 0.4) is 0 Å². The number of aromatic nitrogens is 1. The van der Waals surface area contributed by atoms with Gasteiger partial charge >= 0.3 is 0 Å². The van der Waals surface area contributed by atoms with Crippen LogP contribution in [0.4, 0.5) is 5.69 Å². The molecule has 7 nitrogen and oxygen atoms in total. The number of nitrogens with one attached hydrogen (secondary N) is 1. The average molecular weight is 460 g/mol. The van der Waals surface area contributed by atoms with Crippen molar-refractivity contribution < 1.29 is 17.9 Å². The molecule has 3 aromatic rings. The van der Waals surface area contributed by atoms with Crippen molar-refractivity contribution in [1.82, 2.24) is 9.29 Å². The molecule has 4 rings (SSSR count). The van der Waals surface area contributed by atoms with Gasteiger partial charge in [0, 0.05) is 34.8 Å². The van der Waals surface area contributed by atoms with Gasteiger partial charge in [-0.3, -0.25) is 9.78 Å². The number of carbonyl (C=O) groups excluding carboxylic acids is 1. The number of sulfonamides is 1. The maximum absolute atomic E-state index is 12.8. The predicted molar refractivity (Wildman–Crippen MR) is 120 cm³/mol. The van der Waals surface area contributed by atoms with Crippen molar-refractivity contribution in [2.45, 2.75) is 18.7 Å². The molecule has 0 radical (unpaired) electrons. The van der Waals surface area contributed by atoms with Crippen molar-refractivity contribution in [3.63, 3.8) is 0 Å². The van der Waals surface area contributed by atoms with Crippen LogP contribution in [0.1, 0.15) is 21.6 Å². The quantitative estimate of drug-likeness (QED) is 0.641. The number of fused-ring (bicyclic) bond motifs is 1. The maximum atomic E-state index is 12.8. The fourth-order valence-corrected chi connectivity index (χ4v) is 5.10. The number of rotatable bonds is 4. The van der Waals surface area contributed by atoms with Crippen LogP contribution in [-0.2, 0) is 14.8 Å². The van der Waals surface area contributed by atoms with Crippen molar-refractivity contribution in [2.24, 2.45) is 0 Å². The Bertz CT molecular complexity index is 1250. The summed E-state index contributed by atoms with van der Waals surface area (Å²) in [6.07, 6.45) is 0. The van der Waals surface area contributed by atoms with Crippen molar-refractivity contribution >= 4 is 44.1 Å². The minimum absolute atomic E-state index is 0.154. The van der Waals surface area contributed by atoms with Gasteiger partial charge in [-0.1, -0.05) is 11.6 Å². The summed E-state index contributed by atoms with van der Waals surface area (Å²) < 4.78 is 32.1. The lowest BCUT2D eigenvalue weighted by molar-refractivity contribution is 0.0730. The second-order valence-electron chi connectivity index (χ2n) is 7.37. The molecule has 0 atom stereocenters. The van der Waals surface area contributed by atoms with Crippen LogP contribution >= 0.6 is 11.6 Å². The highest BCUT2D eigenvalue weighted by molar-refractivity contribution is 7.89. The fraction of sp³-hybridized carbons (Fsp3) is 0.273. The normalized spacial score (nSPS) is 15.2. The Labute approximate surface area is 186 Å². The highest BCUT2D eigenvalue weighted by Crippen LogP contribution is 2.30. The molecule has 9 heteroatoms. The Morgan fingerprint density at radius 1 is 1.10 bits per heavy atom. The Balaban J connectivity index is 1.59. The minimum atomic E-state index is -3.61. The summed E-state index contributed by atoms with van der Waals surface area (Å²) >= 11 is 6.21. The van der Waals surface area contributed by atoms with E-state index in [1.54, 1.807) is 12.1 Å². The van der Waals surface area contributed by atoms with Crippen LogP contribution in [-0.4, -0.2) is 49.9 Å². The first kappa shape index (κ1) is 21.7. The largest absolute Gasteiger partial charge is 0.379 e. The molecule has 0 saturated carbocycles. The Morgan fingerprint density at radius 3 is 2.45 bits per heavy atom. The van der Waals surface area contributed by atoms with Gasteiger partial charge in [0.15, 0.2) is 0 Å². The summed E-state index contributed by atoms with van der Waals surface area (Å²) in [5.74, 6) is -0.338. The van der Waals surface area contributed by atoms with E-state index in [2.05, 4.69) is 10.3 Å². The first-order valence-electron chi connectivity index (χ1n) is 9.83. The summed E-state index contributed by atoms with van der Waals surface area (Å²) in [5, 5.41) is 4.31. The van der Waals surface area contributed by atoms with Crippen LogP contribution in [0.5, 0.6) is 0 Å². The van der Waals surface area contributed by atoms with E-state index in [1.807, 2.05) is 19.9 Å². The molecule has 1 aliphatic heterocycles. The monoisotopic (exact) mass is 459 g/mol. The molecule has 1 amide bonds. The number of hydrogen-bond donors (Lipinski definition) is 1. The number of carbonyl (C=O) groups is 1. The molecule has 1 aromatic heterocycles. The van der Waals surface area contributed by atoms with Crippen molar-refractivity contribution in [3.8, 4) is 0 Å². The standard InChI is InChI=1S/C22H22ClN3O4S/c1-14-13-20(18-7-8-19(23)15(2)21(18)24-14)25-22(27)16-3-5-17(6-4-16)31(28,29)26-9-11-30-12-10-26/h3-8,13H,9-12H2,1-2H3,(H,24,25,27). The van der Waals surface area contributed by atoms with Crippen LogP contribution in [0, 0.1) is 13.8 Å². The van der Waals surface area contributed by atoms with Gasteiger partial charge in [0.05, 0.1) is 29.3 Å². The van der Waals surface area contributed by atoms with Crippen molar-refractivity contribution in [3.05, 3.63) is 64.3 Å². The predicted octanol–water partition coefficient (Wildman–Crippen LogP) is 3.78. The van der Waals surface area contributed by atoms with Crippen LogP contribution in [0.15, 0.2) is 47.4 Å². The van der Waals surface area contributed by atoms with Gasteiger partial charge in [-0.05, 0) is 61.9 Å². The molecular formula is C22H22ClN3O4S. The molecule has 2 aromatic carbocycles. The second-order valence-corrected chi connectivity index (χ2v) is 9.72. The minimum Gasteiger partial charge on any atom is -0.379 e. The lowest BCUT2D eigenvalue weighted by Gasteiger charge is -2.26. The lowest BCUT2D eigenvalue weighted by Crippen LogP contribution is -2.40. The molecule has 1 aliphatic rings. The number of amides is 1. The number of aryl methyl sites for hydroxylation is 2. The van der Waals surface area contributed by atoms with Gasteiger partial charge in [0.1, 0.15) is 0 Å². The summed E-state index contributed by atoms with van der Waals surface area (Å²) in [4.78, 5) is 17.5. The molecule has 1 N–H and O–H groups in total. The molecule has 0 bridgehead atoms. The number of morpholine rings is 1. The Morgan fingerprint density at radius 2 is 1.77 bits per heavy atom. The number of benzene rings is 2. The molecule has 0 aliphatic carbocycles. The van der Waals surface area contributed by atoms with E-state index < -0.39 is 10.0 Å². The maximum Gasteiger partial charge on any atom is 0.255 e. The SMILES string of the molecule is Cc1cc(NC(=O)c2ccc(S(=O)(=O)N3CCOCC3)cc2)c2ccc(Cl)c(C)c2n1. The van der Waals surface area contributed by atoms with Gasteiger partial charge in [-0.2, -0.15) is 4.31 Å². The molecule has 1 fully saturated rings. The molecule has 162 valence electrons. The Hall–Kier alpha value is -2.52. The molecule has 0 unspecified atom stereocenters. The molecule has 0 spiro atoms. The van der Waals surface area contributed by atoms with Gasteiger partial charge < -0.3 is 10.1 Å². The zero-order chi connectivity index (χ0) is 22.2. The molecule has 31 heavy (non-hydrogen) atoms. The zero-order valence-corrected chi connectivity index (χ0v) is 18.8. The number of nitrogens with zero attached hydrogens (tertiary/aromatic N) is 2. The van der Waals surface area contributed by atoms with E-state index in [0.29, 0.717) is 42.6 Å². The number of ether oxygens (including phenoxy) is 1. The molecule has 2 heterocycles. The highest BCUT2D eigenvalue weighted by Gasteiger charge is 2.26. The number of pyridine rings is 1. The summed E-state index contributed by atoms with van der Waals surface area (Å²) in [6.45, 7) is 5.13. The van der Waals surface area contributed by atoms with E-state index in [-0.39, 0.29) is 10.8 Å². The summed E-state index contributed by atoms with van der Waals surface area (Å²) in [7, 11) is -3.61. The van der Waals surface area contributed by atoms with Gasteiger partial charge in [-0.15, -0.1) is 0 Å². The van der Waals surface area contributed by atoms with Crippen LogP contribution in [0.25, 0.3) is 10.9 Å². The van der Waals surface area contributed by atoms with Gasteiger partial charge in [0.2, 0.25) is 10.0 Å². The summed E-state index contributed by atoms with van der Waals surface area (Å²) in [5.41, 5.74) is 3.30. The third kappa shape index (κ3) is 4.29. The Kier molecular flexibility index (Phi) is 5.98. The van der Waals surface area contributed by atoms with Gasteiger partial charge in [0.25, 0.3) is 5.91 Å². The third-order valence-corrected chi connectivity index (χ3v) is 7.59. The van der Waals surface area contributed by atoms with E-state index in [1.165, 1.54) is 28.6 Å². The topological polar surface area (TPSA) is 88.6 Å². The molecule has 1 saturated heterocycles. The van der Waals surface area contributed by atoms with Crippen LogP contribution < -0.4 is 5.32 Å².